The molecule has 0 spiro atoms. The number of hydrogen-bond donors (Lipinski definition) is 0. The average molecular weight is 308 g/mol. The van der Waals surface area contributed by atoms with Gasteiger partial charge in [-0.3, -0.25) is 0 Å². The van der Waals surface area contributed by atoms with Gasteiger partial charge in [-0.05, 0) is 31.9 Å². The van der Waals surface area contributed by atoms with Gasteiger partial charge in [0.15, 0.2) is 0 Å². The van der Waals surface area contributed by atoms with Crippen LogP contribution in [-0.4, -0.2) is 49.6 Å². The van der Waals surface area contributed by atoms with E-state index in [1.807, 2.05) is 0 Å². The van der Waals surface area contributed by atoms with Crippen LogP contribution in [0, 0.1) is 11.3 Å². The first-order chi connectivity index (χ1) is 9.99. The Labute approximate surface area is 126 Å². The number of hydrogen-bond acceptors (Lipinski definition) is 5. The van der Waals surface area contributed by atoms with E-state index in [-0.39, 0.29) is 11.8 Å². The first kappa shape index (κ1) is 15.7. The minimum absolute atomic E-state index is 0.0282. The molecule has 0 aromatic carbocycles. The van der Waals surface area contributed by atoms with Crippen LogP contribution in [0.2, 0.25) is 0 Å². The summed E-state index contributed by atoms with van der Waals surface area (Å²) < 4.78 is 25.3. The Balaban J connectivity index is 2.06. The smallest absolute Gasteiger partial charge is 0.213 e. The lowest BCUT2D eigenvalue weighted by atomic mass is 10.0. The van der Waals surface area contributed by atoms with Crippen LogP contribution in [0.4, 0.5) is 5.82 Å². The highest BCUT2D eigenvalue weighted by atomic mass is 32.2. The van der Waals surface area contributed by atoms with Gasteiger partial charge in [-0.25, -0.2) is 17.7 Å². The van der Waals surface area contributed by atoms with Crippen molar-refractivity contribution >= 4 is 15.8 Å². The van der Waals surface area contributed by atoms with Crippen molar-refractivity contribution in [1.29, 1.82) is 5.26 Å². The third kappa shape index (κ3) is 3.34. The van der Waals surface area contributed by atoms with Crippen molar-refractivity contribution in [3.05, 3.63) is 23.9 Å². The molecule has 6 nitrogen and oxygen atoms in total. The van der Waals surface area contributed by atoms with Gasteiger partial charge >= 0.3 is 0 Å². The molecule has 2 heterocycles. The first-order valence-corrected chi connectivity index (χ1v) is 8.66. The zero-order valence-corrected chi connectivity index (χ0v) is 13.2. The minimum atomic E-state index is -3.15. The molecular formula is C14H20N4O2S. The molecule has 0 unspecified atom stereocenters. The Bertz CT molecular complexity index is 631. The van der Waals surface area contributed by atoms with Crippen LogP contribution in [0.5, 0.6) is 0 Å². The van der Waals surface area contributed by atoms with Crippen LogP contribution in [0.3, 0.4) is 0 Å². The molecule has 7 heteroatoms. The second-order valence-corrected chi connectivity index (χ2v) is 7.44. The predicted molar refractivity (Wildman–Crippen MR) is 81.4 cm³/mol. The molecule has 1 aromatic heterocycles. The van der Waals surface area contributed by atoms with E-state index in [4.69, 9.17) is 5.26 Å². The van der Waals surface area contributed by atoms with Crippen molar-refractivity contribution in [3.63, 3.8) is 0 Å². The van der Waals surface area contributed by atoms with E-state index in [1.54, 1.807) is 32.3 Å². The number of piperidine rings is 1. The van der Waals surface area contributed by atoms with Crippen LogP contribution < -0.4 is 4.90 Å². The molecule has 1 aliphatic rings. The topological polar surface area (TPSA) is 77.3 Å². The third-order valence-electron chi connectivity index (χ3n) is 3.99. The summed E-state index contributed by atoms with van der Waals surface area (Å²) in [5.41, 5.74) is 0.561. The zero-order valence-electron chi connectivity index (χ0n) is 12.4. The van der Waals surface area contributed by atoms with E-state index >= 15 is 0 Å². The molecule has 1 aromatic rings. The molecule has 21 heavy (non-hydrogen) atoms. The fraction of sp³-hybridized carbons (Fsp3) is 0.571. The molecular weight excluding hydrogens is 288 g/mol. The van der Waals surface area contributed by atoms with Gasteiger partial charge in [-0.2, -0.15) is 5.26 Å². The normalized spacial score (nSPS) is 17.0. The molecule has 0 bridgehead atoms. The molecule has 114 valence electrons. The van der Waals surface area contributed by atoms with Crippen molar-refractivity contribution in [2.24, 2.45) is 0 Å². The quantitative estimate of drug-likeness (QED) is 0.835. The SMILES string of the molecule is CCS(=O)(=O)N(C)C1CCN(c2ncccc2C#N)CC1. The Kier molecular flexibility index (Phi) is 4.80. The van der Waals surface area contributed by atoms with Gasteiger partial charge in [0.1, 0.15) is 11.9 Å². The molecule has 1 fully saturated rings. The van der Waals surface area contributed by atoms with Crippen LogP contribution >= 0.6 is 0 Å². The fourth-order valence-corrected chi connectivity index (χ4v) is 3.68. The number of aromatic nitrogens is 1. The highest BCUT2D eigenvalue weighted by Crippen LogP contribution is 2.24. The standard InChI is InChI=1S/C14H20N4O2S/c1-3-21(19,20)17(2)13-6-9-18(10-7-13)14-12(11-15)5-4-8-16-14/h4-5,8,13H,3,6-7,9-10H2,1-2H3. The summed E-state index contributed by atoms with van der Waals surface area (Å²) in [6.07, 6.45) is 3.17. The molecule has 0 amide bonds. The Morgan fingerprint density at radius 3 is 2.71 bits per heavy atom. The highest BCUT2D eigenvalue weighted by molar-refractivity contribution is 7.89. The van der Waals surface area contributed by atoms with Crippen LogP contribution in [0.15, 0.2) is 18.3 Å². The molecule has 0 saturated carbocycles. The zero-order chi connectivity index (χ0) is 15.5. The summed E-state index contributed by atoms with van der Waals surface area (Å²) in [5.74, 6) is 0.821. The largest absolute Gasteiger partial charge is 0.355 e. The predicted octanol–water partition coefficient (Wildman–Crippen LogP) is 1.20. The van der Waals surface area contributed by atoms with Gasteiger partial charge in [0, 0.05) is 32.4 Å². The number of nitrogens with zero attached hydrogens (tertiary/aromatic N) is 4. The lowest BCUT2D eigenvalue weighted by Gasteiger charge is -2.36. The molecule has 0 radical (unpaired) electrons. The lowest BCUT2D eigenvalue weighted by Crippen LogP contribution is -2.46. The van der Waals surface area contributed by atoms with E-state index in [0.717, 1.165) is 12.8 Å². The third-order valence-corrected chi connectivity index (χ3v) is 5.89. The highest BCUT2D eigenvalue weighted by Gasteiger charge is 2.29. The van der Waals surface area contributed by atoms with Gasteiger partial charge < -0.3 is 4.90 Å². The van der Waals surface area contributed by atoms with Crippen molar-refractivity contribution in [1.82, 2.24) is 9.29 Å². The lowest BCUT2D eigenvalue weighted by molar-refractivity contribution is 0.312. The summed E-state index contributed by atoms with van der Waals surface area (Å²) in [6, 6.07) is 5.68. The Hall–Kier alpha value is -1.65. The van der Waals surface area contributed by atoms with Gasteiger partial charge in [0.05, 0.1) is 11.3 Å². The van der Waals surface area contributed by atoms with E-state index in [1.165, 1.54) is 4.31 Å². The van der Waals surface area contributed by atoms with Gasteiger partial charge in [-0.1, -0.05) is 0 Å². The average Bonchev–Trinajstić information content (AvgIpc) is 2.54. The van der Waals surface area contributed by atoms with Crippen LogP contribution in [0.25, 0.3) is 0 Å². The van der Waals surface area contributed by atoms with Crippen molar-refractivity contribution < 1.29 is 8.42 Å². The number of pyridine rings is 1. The maximum atomic E-state index is 11.9. The molecule has 0 aliphatic carbocycles. The summed E-state index contributed by atoms with van der Waals surface area (Å²) in [6.45, 7) is 3.08. The van der Waals surface area contributed by atoms with Gasteiger partial charge in [-0.15, -0.1) is 0 Å². The van der Waals surface area contributed by atoms with E-state index in [2.05, 4.69) is 16.0 Å². The second kappa shape index (κ2) is 6.41. The summed E-state index contributed by atoms with van der Waals surface area (Å²) >= 11 is 0. The van der Waals surface area contributed by atoms with Crippen LogP contribution in [-0.2, 0) is 10.0 Å². The number of anilines is 1. The van der Waals surface area contributed by atoms with Crippen LogP contribution in [0.1, 0.15) is 25.3 Å². The summed E-state index contributed by atoms with van der Waals surface area (Å²) in [7, 11) is -1.49. The molecule has 1 saturated heterocycles. The van der Waals surface area contributed by atoms with Crippen molar-refractivity contribution in [2.45, 2.75) is 25.8 Å². The molecule has 0 N–H and O–H groups in total. The monoisotopic (exact) mass is 308 g/mol. The first-order valence-electron chi connectivity index (χ1n) is 7.05. The Morgan fingerprint density at radius 2 is 2.14 bits per heavy atom. The number of nitriles is 1. The Morgan fingerprint density at radius 1 is 1.48 bits per heavy atom. The molecule has 2 rings (SSSR count). The van der Waals surface area contributed by atoms with E-state index in [9.17, 15) is 8.42 Å². The fourth-order valence-electron chi connectivity index (χ4n) is 2.61. The van der Waals surface area contributed by atoms with Gasteiger partial charge in [0.2, 0.25) is 10.0 Å². The number of rotatable bonds is 4. The maximum absolute atomic E-state index is 11.9. The maximum Gasteiger partial charge on any atom is 0.213 e. The molecule has 0 atom stereocenters. The molecule has 1 aliphatic heterocycles. The summed E-state index contributed by atoms with van der Waals surface area (Å²) in [5, 5.41) is 9.12. The van der Waals surface area contributed by atoms with Crippen molar-refractivity contribution in [3.8, 4) is 6.07 Å². The second-order valence-electron chi connectivity index (χ2n) is 5.12. The van der Waals surface area contributed by atoms with Crippen molar-refractivity contribution in [2.75, 3.05) is 30.8 Å². The van der Waals surface area contributed by atoms with E-state index < -0.39 is 10.0 Å². The van der Waals surface area contributed by atoms with E-state index in [0.29, 0.717) is 24.5 Å². The number of sulfonamides is 1. The minimum Gasteiger partial charge on any atom is -0.355 e. The summed E-state index contributed by atoms with van der Waals surface area (Å²) in [4.78, 5) is 6.34. The van der Waals surface area contributed by atoms with Gasteiger partial charge in [0.25, 0.3) is 0 Å².